The van der Waals surface area contributed by atoms with E-state index in [0.29, 0.717) is 24.0 Å². The Bertz CT molecular complexity index is 422. The predicted octanol–water partition coefficient (Wildman–Crippen LogP) is 3.27. The largest absolute Gasteiger partial charge is 0.338 e. The maximum absolute atomic E-state index is 12.1. The molecule has 4 heteroatoms. The average molecular weight is 267 g/mol. The summed E-state index contributed by atoms with van der Waals surface area (Å²) in [6.45, 7) is 3.62. The van der Waals surface area contributed by atoms with E-state index in [1.165, 1.54) is 0 Å². The van der Waals surface area contributed by atoms with Gasteiger partial charge in [0.2, 0.25) is 5.91 Å². The van der Waals surface area contributed by atoms with Crippen LogP contribution in [0.1, 0.15) is 38.2 Å². The lowest BCUT2D eigenvalue weighted by Gasteiger charge is -2.21. The molecule has 1 aliphatic heterocycles. The predicted molar refractivity (Wildman–Crippen MR) is 72.3 cm³/mol. The topological polar surface area (TPSA) is 33.2 Å². The standard InChI is InChI=1S/C14H19ClN2O/c1-2-11-5-6-13(18)17(9-7-11)10-12-4-3-8-16-14(12)15/h3-4,8,11H,2,5-7,9-10H2,1H3. The number of nitrogens with zero attached hydrogens (tertiary/aromatic N) is 2. The molecule has 2 rings (SSSR count). The summed E-state index contributed by atoms with van der Waals surface area (Å²) in [4.78, 5) is 18.0. The van der Waals surface area contributed by atoms with E-state index < -0.39 is 0 Å². The summed E-state index contributed by atoms with van der Waals surface area (Å²) in [5.74, 6) is 0.925. The minimum atomic E-state index is 0.242. The zero-order valence-corrected chi connectivity index (χ0v) is 11.5. The molecule has 1 unspecified atom stereocenters. The number of halogens is 1. The number of rotatable bonds is 3. The molecule has 1 aromatic rings. The summed E-state index contributed by atoms with van der Waals surface area (Å²) in [6.07, 6.45) is 5.61. The number of hydrogen-bond acceptors (Lipinski definition) is 2. The summed E-state index contributed by atoms with van der Waals surface area (Å²) in [5.41, 5.74) is 0.933. The van der Waals surface area contributed by atoms with E-state index in [9.17, 15) is 4.79 Å². The van der Waals surface area contributed by atoms with E-state index in [4.69, 9.17) is 11.6 Å². The fraction of sp³-hybridized carbons (Fsp3) is 0.571. The van der Waals surface area contributed by atoms with E-state index in [0.717, 1.165) is 31.4 Å². The Morgan fingerprint density at radius 3 is 3.06 bits per heavy atom. The number of likely N-dealkylation sites (tertiary alicyclic amines) is 1. The van der Waals surface area contributed by atoms with Crippen molar-refractivity contribution in [3.63, 3.8) is 0 Å². The number of pyridine rings is 1. The molecule has 1 amide bonds. The van der Waals surface area contributed by atoms with Crippen LogP contribution in [-0.4, -0.2) is 22.3 Å². The molecule has 1 aromatic heterocycles. The van der Waals surface area contributed by atoms with Crippen molar-refractivity contribution in [3.8, 4) is 0 Å². The molecule has 0 saturated carbocycles. The van der Waals surface area contributed by atoms with Gasteiger partial charge in [-0.15, -0.1) is 0 Å². The van der Waals surface area contributed by atoms with Crippen molar-refractivity contribution in [2.24, 2.45) is 5.92 Å². The van der Waals surface area contributed by atoms with Crippen molar-refractivity contribution in [2.45, 2.75) is 39.2 Å². The van der Waals surface area contributed by atoms with Crippen LogP contribution < -0.4 is 0 Å². The Morgan fingerprint density at radius 1 is 1.50 bits per heavy atom. The molecule has 0 aliphatic carbocycles. The van der Waals surface area contributed by atoms with E-state index in [2.05, 4.69) is 11.9 Å². The molecule has 2 heterocycles. The summed E-state index contributed by atoms with van der Waals surface area (Å²) in [5, 5.41) is 0.501. The second kappa shape index (κ2) is 6.19. The molecule has 3 nitrogen and oxygen atoms in total. The fourth-order valence-electron chi connectivity index (χ4n) is 2.41. The summed E-state index contributed by atoms with van der Waals surface area (Å²) < 4.78 is 0. The van der Waals surface area contributed by atoms with Crippen molar-refractivity contribution < 1.29 is 4.79 Å². The Balaban J connectivity index is 2.04. The second-order valence-corrected chi connectivity index (χ2v) is 5.23. The number of hydrogen-bond donors (Lipinski definition) is 0. The van der Waals surface area contributed by atoms with Crippen LogP contribution >= 0.6 is 11.6 Å². The first-order chi connectivity index (χ1) is 8.70. The molecule has 1 aliphatic rings. The van der Waals surface area contributed by atoms with Crippen molar-refractivity contribution >= 4 is 17.5 Å². The Labute approximate surface area is 113 Å². The second-order valence-electron chi connectivity index (χ2n) is 4.87. The Morgan fingerprint density at radius 2 is 2.33 bits per heavy atom. The van der Waals surface area contributed by atoms with Crippen LogP contribution in [0.15, 0.2) is 18.3 Å². The SMILES string of the molecule is CCC1CCC(=O)N(Cc2cccnc2Cl)CC1. The zero-order valence-electron chi connectivity index (χ0n) is 10.7. The lowest BCUT2D eigenvalue weighted by molar-refractivity contribution is -0.131. The van der Waals surface area contributed by atoms with E-state index >= 15 is 0 Å². The Hall–Kier alpha value is -1.09. The minimum Gasteiger partial charge on any atom is -0.338 e. The number of amides is 1. The van der Waals surface area contributed by atoms with Crippen LogP contribution in [0.2, 0.25) is 5.15 Å². The number of carbonyl (C=O) groups excluding carboxylic acids is 1. The molecule has 18 heavy (non-hydrogen) atoms. The summed E-state index contributed by atoms with van der Waals surface area (Å²) in [7, 11) is 0. The highest BCUT2D eigenvalue weighted by Gasteiger charge is 2.22. The smallest absolute Gasteiger partial charge is 0.222 e. The molecule has 0 aromatic carbocycles. The highest BCUT2D eigenvalue weighted by molar-refractivity contribution is 6.30. The van der Waals surface area contributed by atoms with Gasteiger partial charge in [0.1, 0.15) is 5.15 Å². The number of aromatic nitrogens is 1. The Kier molecular flexibility index (Phi) is 4.59. The third kappa shape index (κ3) is 3.22. The van der Waals surface area contributed by atoms with Crippen LogP contribution in [0.4, 0.5) is 0 Å². The number of carbonyl (C=O) groups is 1. The fourth-order valence-corrected chi connectivity index (χ4v) is 2.59. The highest BCUT2D eigenvalue weighted by Crippen LogP contribution is 2.23. The van der Waals surface area contributed by atoms with Gasteiger partial charge in [0.15, 0.2) is 0 Å². The van der Waals surface area contributed by atoms with Crippen molar-refractivity contribution in [1.82, 2.24) is 9.88 Å². The molecule has 0 bridgehead atoms. The van der Waals surface area contributed by atoms with Crippen LogP contribution in [0.5, 0.6) is 0 Å². The van der Waals surface area contributed by atoms with E-state index in [-0.39, 0.29) is 5.91 Å². The molecule has 1 saturated heterocycles. The molecular weight excluding hydrogens is 248 g/mol. The minimum absolute atomic E-state index is 0.242. The molecule has 0 spiro atoms. The van der Waals surface area contributed by atoms with Gasteiger partial charge in [-0.05, 0) is 24.8 Å². The van der Waals surface area contributed by atoms with Crippen molar-refractivity contribution in [3.05, 3.63) is 29.0 Å². The molecule has 1 atom stereocenters. The van der Waals surface area contributed by atoms with E-state index in [1.807, 2.05) is 17.0 Å². The lowest BCUT2D eigenvalue weighted by atomic mass is 9.98. The van der Waals surface area contributed by atoms with Crippen LogP contribution in [0.25, 0.3) is 0 Å². The first-order valence-corrected chi connectivity index (χ1v) is 6.95. The molecule has 98 valence electrons. The van der Waals surface area contributed by atoms with Gasteiger partial charge in [-0.25, -0.2) is 4.98 Å². The molecule has 0 N–H and O–H groups in total. The van der Waals surface area contributed by atoms with Crippen molar-refractivity contribution in [1.29, 1.82) is 0 Å². The van der Waals surface area contributed by atoms with Gasteiger partial charge in [0.05, 0.1) is 0 Å². The van der Waals surface area contributed by atoms with Gasteiger partial charge in [-0.3, -0.25) is 4.79 Å². The van der Waals surface area contributed by atoms with E-state index in [1.54, 1.807) is 6.20 Å². The molecular formula is C14H19ClN2O. The van der Waals surface area contributed by atoms with Gasteiger partial charge in [0.25, 0.3) is 0 Å². The van der Waals surface area contributed by atoms with Crippen LogP contribution in [0, 0.1) is 5.92 Å². The molecule has 0 radical (unpaired) electrons. The van der Waals surface area contributed by atoms with Gasteiger partial charge < -0.3 is 4.90 Å². The highest BCUT2D eigenvalue weighted by atomic mass is 35.5. The lowest BCUT2D eigenvalue weighted by Crippen LogP contribution is -2.30. The zero-order chi connectivity index (χ0) is 13.0. The normalized spacial score (nSPS) is 20.9. The van der Waals surface area contributed by atoms with Gasteiger partial charge in [0, 0.05) is 31.3 Å². The van der Waals surface area contributed by atoms with Crippen LogP contribution in [0.3, 0.4) is 0 Å². The van der Waals surface area contributed by atoms with Crippen LogP contribution in [-0.2, 0) is 11.3 Å². The first-order valence-electron chi connectivity index (χ1n) is 6.58. The maximum atomic E-state index is 12.1. The first kappa shape index (κ1) is 13.3. The van der Waals surface area contributed by atoms with Gasteiger partial charge in [-0.1, -0.05) is 31.0 Å². The van der Waals surface area contributed by atoms with Gasteiger partial charge >= 0.3 is 0 Å². The quantitative estimate of drug-likeness (QED) is 0.787. The average Bonchev–Trinajstić information content (AvgIpc) is 2.55. The summed E-state index contributed by atoms with van der Waals surface area (Å²) >= 11 is 6.04. The third-order valence-corrected chi connectivity index (χ3v) is 4.04. The van der Waals surface area contributed by atoms with Gasteiger partial charge in [-0.2, -0.15) is 0 Å². The van der Waals surface area contributed by atoms with Crippen molar-refractivity contribution in [2.75, 3.05) is 6.54 Å². The maximum Gasteiger partial charge on any atom is 0.222 e. The summed E-state index contributed by atoms with van der Waals surface area (Å²) in [6, 6.07) is 3.79. The third-order valence-electron chi connectivity index (χ3n) is 3.70. The molecule has 1 fully saturated rings. The monoisotopic (exact) mass is 266 g/mol.